The molecule has 0 heterocycles. The Hall–Kier alpha value is -2.15. The van der Waals surface area contributed by atoms with E-state index in [2.05, 4.69) is 0 Å². The lowest BCUT2D eigenvalue weighted by atomic mass is 10.1. The molecule has 0 aliphatic heterocycles. The van der Waals surface area contributed by atoms with Gasteiger partial charge in [0.15, 0.2) is 11.6 Å². The fourth-order valence-electron chi connectivity index (χ4n) is 1.85. The summed E-state index contributed by atoms with van der Waals surface area (Å²) in [7, 11) is -4.04. The van der Waals surface area contributed by atoms with Gasteiger partial charge in [0, 0.05) is 5.69 Å². The van der Waals surface area contributed by atoms with Crippen molar-refractivity contribution in [1.29, 1.82) is 0 Å². The maximum atomic E-state index is 13.5. The van der Waals surface area contributed by atoms with E-state index in [1.807, 2.05) is 11.6 Å². The van der Waals surface area contributed by atoms with Gasteiger partial charge in [-0.1, -0.05) is 19.1 Å². The molecular weight excluding hydrogens is 298 g/mol. The van der Waals surface area contributed by atoms with E-state index in [0.29, 0.717) is 12.1 Å². The number of benzene rings is 2. The molecule has 2 rings (SSSR count). The summed E-state index contributed by atoms with van der Waals surface area (Å²) < 4.78 is 52.9. The van der Waals surface area contributed by atoms with Crippen LogP contribution < -0.4 is 10.5 Å². The minimum atomic E-state index is -4.04. The van der Waals surface area contributed by atoms with E-state index in [9.17, 15) is 17.2 Å². The average molecular weight is 312 g/mol. The van der Waals surface area contributed by atoms with Gasteiger partial charge in [0.05, 0.1) is 10.6 Å². The summed E-state index contributed by atoms with van der Waals surface area (Å²) in [5.41, 5.74) is 6.44. The third-order valence-electron chi connectivity index (χ3n) is 3.00. The van der Waals surface area contributed by atoms with Gasteiger partial charge in [0.2, 0.25) is 0 Å². The molecule has 3 N–H and O–H groups in total. The van der Waals surface area contributed by atoms with Crippen molar-refractivity contribution in [2.75, 3.05) is 10.5 Å². The first-order valence-electron chi connectivity index (χ1n) is 6.20. The smallest absolute Gasteiger partial charge is 0.262 e. The summed E-state index contributed by atoms with van der Waals surface area (Å²) in [6, 6.07) is 7.50. The zero-order valence-electron chi connectivity index (χ0n) is 11.2. The van der Waals surface area contributed by atoms with Crippen molar-refractivity contribution in [3.63, 3.8) is 0 Å². The second-order valence-corrected chi connectivity index (χ2v) is 6.10. The second-order valence-electron chi connectivity index (χ2n) is 4.42. The van der Waals surface area contributed by atoms with Gasteiger partial charge in [-0.3, -0.25) is 4.72 Å². The molecule has 0 radical (unpaired) electrons. The number of halogens is 2. The summed E-state index contributed by atoms with van der Waals surface area (Å²) in [6.45, 7) is 1.89. The third-order valence-corrected chi connectivity index (χ3v) is 4.37. The van der Waals surface area contributed by atoms with Gasteiger partial charge in [-0.2, -0.15) is 0 Å². The van der Waals surface area contributed by atoms with Gasteiger partial charge >= 0.3 is 0 Å². The number of nitrogen functional groups attached to an aromatic ring is 1. The summed E-state index contributed by atoms with van der Waals surface area (Å²) in [4.78, 5) is -0.110. The highest BCUT2D eigenvalue weighted by Crippen LogP contribution is 2.23. The number of sulfonamides is 1. The Morgan fingerprint density at radius 1 is 1.19 bits per heavy atom. The van der Waals surface area contributed by atoms with Crippen LogP contribution in [-0.4, -0.2) is 8.42 Å². The van der Waals surface area contributed by atoms with Gasteiger partial charge in [0.25, 0.3) is 10.0 Å². The number of aryl methyl sites for hydroxylation is 1. The van der Waals surface area contributed by atoms with Gasteiger partial charge < -0.3 is 5.73 Å². The van der Waals surface area contributed by atoms with Crippen molar-refractivity contribution in [3.05, 3.63) is 53.6 Å². The molecule has 0 saturated heterocycles. The molecular formula is C14H14F2N2O2S. The highest BCUT2D eigenvalue weighted by Gasteiger charge is 2.18. The standard InChI is InChI=1S/C14H14F2N2O2S/c1-2-9-6-7-10(8-12(9)17)21(19,20)18-13-5-3-4-11(15)14(13)16/h3-8,18H,2,17H2,1H3. The van der Waals surface area contributed by atoms with Gasteiger partial charge in [-0.05, 0) is 36.2 Å². The van der Waals surface area contributed by atoms with Crippen molar-refractivity contribution in [1.82, 2.24) is 0 Å². The Morgan fingerprint density at radius 2 is 1.90 bits per heavy atom. The molecule has 112 valence electrons. The average Bonchev–Trinajstić information content (AvgIpc) is 2.43. The predicted molar refractivity (Wildman–Crippen MR) is 77.4 cm³/mol. The highest BCUT2D eigenvalue weighted by atomic mass is 32.2. The van der Waals surface area contributed by atoms with E-state index in [-0.39, 0.29) is 4.90 Å². The van der Waals surface area contributed by atoms with Gasteiger partial charge in [0.1, 0.15) is 0 Å². The first-order valence-corrected chi connectivity index (χ1v) is 7.68. The lowest BCUT2D eigenvalue weighted by Gasteiger charge is -2.11. The van der Waals surface area contributed by atoms with Crippen LogP contribution in [0.2, 0.25) is 0 Å². The van der Waals surface area contributed by atoms with Crippen molar-refractivity contribution < 1.29 is 17.2 Å². The van der Waals surface area contributed by atoms with Crippen LogP contribution in [-0.2, 0) is 16.4 Å². The van der Waals surface area contributed by atoms with Crippen molar-refractivity contribution in [2.24, 2.45) is 0 Å². The number of nitrogens with one attached hydrogen (secondary N) is 1. The van der Waals surface area contributed by atoms with Crippen molar-refractivity contribution in [2.45, 2.75) is 18.2 Å². The molecule has 0 fully saturated rings. The van der Waals surface area contributed by atoms with Crippen LogP contribution in [0.25, 0.3) is 0 Å². The largest absolute Gasteiger partial charge is 0.398 e. The van der Waals surface area contributed by atoms with Crippen molar-refractivity contribution >= 4 is 21.4 Å². The summed E-state index contributed by atoms with van der Waals surface area (Å²) >= 11 is 0. The van der Waals surface area contributed by atoms with Crippen LogP contribution in [0.3, 0.4) is 0 Å². The molecule has 21 heavy (non-hydrogen) atoms. The number of anilines is 2. The molecule has 0 aliphatic carbocycles. The zero-order chi connectivity index (χ0) is 15.6. The topological polar surface area (TPSA) is 72.2 Å². The maximum Gasteiger partial charge on any atom is 0.262 e. The van der Waals surface area contributed by atoms with E-state index in [4.69, 9.17) is 5.73 Å². The van der Waals surface area contributed by atoms with E-state index in [0.717, 1.165) is 17.7 Å². The molecule has 0 aromatic heterocycles. The Bertz CT molecular complexity index is 777. The number of rotatable bonds is 4. The quantitative estimate of drug-likeness (QED) is 0.853. The predicted octanol–water partition coefficient (Wildman–Crippen LogP) is 2.91. The normalized spacial score (nSPS) is 11.4. The van der Waals surface area contributed by atoms with Crippen LogP contribution in [0.5, 0.6) is 0 Å². The molecule has 0 spiro atoms. The molecule has 0 atom stereocenters. The third kappa shape index (κ3) is 3.13. The summed E-state index contributed by atoms with van der Waals surface area (Å²) in [5.74, 6) is -2.38. The molecule has 4 nitrogen and oxygen atoms in total. The molecule has 0 saturated carbocycles. The summed E-state index contributed by atoms with van der Waals surface area (Å²) in [6.07, 6.45) is 0.665. The minimum absolute atomic E-state index is 0.110. The number of hydrogen-bond acceptors (Lipinski definition) is 3. The number of nitrogens with two attached hydrogens (primary N) is 1. The molecule has 2 aromatic carbocycles. The second kappa shape index (κ2) is 5.69. The molecule has 0 unspecified atom stereocenters. The van der Waals surface area contributed by atoms with Crippen LogP contribution in [0, 0.1) is 11.6 Å². The first-order chi connectivity index (χ1) is 9.85. The molecule has 0 bridgehead atoms. The monoisotopic (exact) mass is 312 g/mol. The Balaban J connectivity index is 2.39. The first kappa shape index (κ1) is 15.2. The zero-order valence-corrected chi connectivity index (χ0v) is 12.0. The van der Waals surface area contributed by atoms with Gasteiger partial charge in [-0.15, -0.1) is 0 Å². The molecule has 0 amide bonds. The lowest BCUT2D eigenvalue weighted by molar-refractivity contribution is 0.511. The maximum absolute atomic E-state index is 13.5. The lowest BCUT2D eigenvalue weighted by Crippen LogP contribution is -2.15. The Morgan fingerprint density at radius 3 is 2.52 bits per heavy atom. The molecule has 7 heteroatoms. The minimum Gasteiger partial charge on any atom is -0.398 e. The Labute approximate surface area is 121 Å². The van der Waals surface area contributed by atoms with Gasteiger partial charge in [-0.25, -0.2) is 17.2 Å². The summed E-state index contributed by atoms with van der Waals surface area (Å²) in [5, 5.41) is 0. The molecule has 0 aliphatic rings. The van der Waals surface area contributed by atoms with Crippen LogP contribution in [0.4, 0.5) is 20.2 Å². The SMILES string of the molecule is CCc1ccc(S(=O)(=O)Nc2cccc(F)c2F)cc1N. The van der Waals surface area contributed by atoms with Crippen LogP contribution in [0.15, 0.2) is 41.3 Å². The van der Waals surface area contributed by atoms with E-state index in [1.165, 1.54) is 18.2 Å². The highest BCUT2D eigenvalue weighted by molar-refractivity contribution is 7.92. The van der Waals surface area contributed by atoms with Crippen LogP contribution >= 0.6 is 0 Å². The fourth-order valence-corrected chi connectivity index (χ4v) is 2.94. The van der Waals surface area contributed by atoms with E-state index < -0.39 is 27.3 Å². The van der Waals surface area contributed by atoms with Crippen LogP contribution in [0.1, 0.15) is 12.5 Å². The number of hydrogen-bond donors (Lipinski definition) is 2. The Kier molecular flexibility index (Phi) is 4.13. The molecule has 2 aromatic rings. The van der Waals surface area contributed by atoms with E-state index in [1.54, 1.807) is 6.07 Å². The van der Waals surface area contributed by atoms with E-state index >= 15 is 0 Å². The fraction of sp³-hybridized carbons (Fsp3) is 0.143. The van der Waals surface area contributed by atoms with Crippen molar-refractivity contribution in [3.8, 4) is 0 Å².